The molecule has 35 heavy (non-hydrogen) atoms. The molecule has 1 amide bonds. The Hall–Kier alpha value is -3.21. The van der Waals surface area contributed by atoms with E-state index in [4.69, 9.17) is 11.6 Å². The maximum atomic E-state index is 13.2. The maximum absolute atomic E-state index is 13.2. The summed E-state index contributed by atoms with van der Waals surface area (Å²) in [6.45, 7) is 0. The third kappa shape index (κ3) is 4.82. The van der Waals surface area contributed by atoms with Crippen LogP contribution in [0.25, 0.3) is 0 Å². The minimum atomic E-state index is -4.05. The third-order valence-corrected chi connectivity index (χ3v) is 8.22. The highest BCUT2D eigenvalue weighted by atomic mass is 35.5. The molecule has 0 aromatic heterocycles. The van der Waals surface area contributed by atoms with Gasteiger partial charge in [-0.05, 0) is 67.3 Å². The number of Topliss-reactive ketones (excluding diaryl/α,β-unsaturated/α-hetero) is 1. The fourth-order valence-electron chi connectivity index (χ4n) is 4.13. The summed E-state index contributed by atoms with van der Waals surface area (Å²) in [5, 5.41) is 3.05. The molecule has 3 aliphatic rings. The minimum absolute atomic E-state index is 0.0436. The largest absolute Gasteiger partial charge is 0.322 e. The first-order chi connectivity index (χ1) is 16.8. The topological polar surface area (TPSA) is 108 Å². The molecule has 0 bridgehead atoms. The van der Waals surface area contributed by atoms with E-state index in [0.717, 1.165) is 24.8 Å². The molecule has 1 aliphatic carbocycles. The average Bonchev–Trinajstić information content (AvgIpc) is 3.23. The molecule has 2 aliphatic heterocycles. The summed E-state index contributed by atoms with van der Waals surface area (Å²) in [5.41, 5.74) is 2.66. The second-order valence-electron chi connectivity index (χ2n) is 8.19. The Morgan fingerprint density at radius 2 is 1.94 bits per heavy atom. The smallest absolute Gasteiger partial charge is 0.264 e. The van der Waals surface area contributed by atoms with Crippen molar-refractivity contribution >= 4 is 56.8 Å². The van der Waals surface area contributed by atoms with Crippen LogP contribution in [0.15, 0.2) is 71.6 Å². The number of benzene rings is 2. The van der Waals surface area contributed by atoms with Gasteiger partial charge in [-0.3, -0.25) is 18.6 Å². The molecule has 2 aromatic carbocycles. The highest BCUT2D eigenvalue weighted by Gasteiger charge is 2.30. The SMILES string of the molecule is O=C1CCCCc2ccc(NC(=O)c3ccc(Cl)cc3NS(=O)(=O)C3=CC=CN4SNC=C34)cc21. The summed E-state index contributed by atoms with van der Waals surface area (Å²) in [6.07, 6.45) is 9.54. The summed E-state index contributed by atoms with van der Waals surface area (Å²) in [6, 6.07) is 9.65. The Labute approximate surface area is 212 Å². The molecule has 11 heteroatoms. The van der Waals surface area contributed by atoms with Gasteiger partial charge in [-0.1, -0.05) is 17.7 Å². The van der Waals surface area contributed by atoms with Gasteiger partial charge in [0.15, 0.2) is 5.78 Å². The lowest BCUT2D eigenvalue weighted by Gasteiger charge is -2.21. The number of carbonyl (C=O) groups excluding carboxylic acids is 2. The zero-order valence-electron chi connectivity index (χ0n) is 18.4. The van der Waals surface area contributed by atoms with Crippen LogP contribution in [-0.2, 0) is 16.4 Å². The molecule has 2 heterocycles. The van der Waals surface area contributed by atoms with E-state index in [9.17, 15) is 18.0 Å². The van der Waals surface area contributed by atoms with Crippen molar-refractivity contribution in [1.82, 2.24) is 9.03 Å². The Balaban J connectivity index is 1.42. The number of nitrogens with one attached hydrogen (secondary N) is 3. The molecule has 3 N–H and O–H groups in total. The first-order valence-corrected chi connectivity index (χ1v) is 13.6. The van der Waals surface area contributed by atoms with Crippen LogP contribution in [0.2, 0.25) is 5.02 Å². The maximum Gasteiger partial charge on any atom is 0.264 e. The first kappa shape index (κ1) is 23.5. The molecular formula is C24H21ClN4O4S2. The number of anilines is 2. The lowest BCUT2D eigenvalue weighted by molar-refractivity contribution is 0.0979. The summed E-state index contributed by atoms with van der Waals surface area (Å²) in [4.78, 5) is 25.7. The van der Waals surface area contributed by atoms with Crippen LogP contribution in [-0.4, -0.2) is 24.4 Å². The van der Waals surface area contributed by atoms with E-state index in [-0.39, 0.29) is 27.0 Å². The number of halogens is 1. The van der Waals surface area contributed by atoms with Crippen molar-refractivity contribution in [1.29, 1.82) is 0 Å². The van der Waals surface area contributed by atoms with Gasteiger partial charge < -0.3 is 10.0 Å². The van der Waals surface area contributed by atoms with Gasteiger partial charge in [0.05, 0.1) is 29.1 Å². The molecule has 0 unspecified atom stereocenters. The number of rotatable bonds is 5. The van der Waals surface area contributed by atoms with Crippen LogP contribution >= 0.6 is 23.7 Å². The molecule has 0 fully saturated rings. The van der Waals surface area contributed by atoms with Crippen LogP contribution < -0.4 is 14.8 Å². The average molecular weight is 529 g/mol. The number of fused-ring (bicyclic) bond motifs is 2. The van der Waals surface area contributed by atoms with E-state index in [1.54, 1.807) is 34.9 Å². The quantitative estimate of drug-likeness (QED) is 0.371. The Kier molecular flexibility index (Phi) is 6.35. The van der Waals surface area contributed by atoms with Crippen LogP contribution in [0.1, 0.15) is 45.5 Å². The molecular weight excluding hydrogens is 508 g/mol. The molecule has 180 valence electrons. The molecule has 0 radical (unpaired) electrons. The van der Waals surface area contributed by atoms with Crippen molar-refractivity contribution in [2.45, 2.75) is 25.7 Å². The normalized spacial score (nSPS) is 16.9. The number of ketones is 1. The summed E-state index contributed by atoms with van der Waals surface area (Å²) < 4.78 is 33.6. The van der Waals surface area contributed by atoms with Crippen LogP contribution in [0.3, 0.4) is 0 Å². The van der Waals surface area contributed by atoms with Gasteiger partial charge in [0.1, 0.15) is 4.91 Å². The Morgan fingerprint density at radius 1 is 1.11 bits per heavy atom. The summed E-state index contributed by atoms with van der Waals surface area (Å²) in [5.74, 6) is -0.469. The van der Waals surface area contributed by atoms with Crippen LogP contribution in [0, 0.1) is 0 Å². The van der Waals surface area contributed by atoms with Gasteiger partial charge in [-0.15, -0.1) is 0 Å². The van der Waals surface area contributed by atoms with Crippen molar-refractivity contribution < 1.29 is 18.0 Å². The number of nitrogens with zero attached hydrogens (tertiary/aromatic N) is 1. The number of carbonyl (C=O) groups is 2. The Bertz CT molecular complexity index is 1430. The van der Waals surface area contributed by atoms with Crippen molar-refractivity contribution in [3.05, 3.63) is 93.3 Å². The monoisotopic (exact) mass is 528 g/mol. The zero-order chi connectivity index (χ0) is 24.6. The highest BCUT2D eigenvalue weighted by Crippen LogP contribution is 2.35. The predicted octanol–water partition coefficient (Wildman–Crippen LogP) is 4.96. The van der Waals surface area contributed by atoms with E-state index >= 15 is 0 Å². The van der Waals surface area contributed by atoms with E-state index in [1.165, 1.54) is 36.4 Å². The van der Waals surface area contributed by atoms with Gasteiger partial charge in [0, 0.05) is 35.1 Å². The van der Waals surface area contributed by atoms with E-state index in [1.807, 2.05) is 6.07 Å². The van der Waals surface area contributed by atoms with Crippen LogP contribution in [0.5, 0.6) is 0 Å². The van der Waals surface area contributed by atoms with E-state index in [0.29, 0.717) is 23.4 Å². The fourth-order valence-corrected chi connectivity index (χ4v) is 6.27. The number of sulfonamides is 1. The third-order valence-electron chi connectivity index (χ3n) is 5.83. The molecule has 2 aromatic rings. The van der Waals surface area contributed by atoms with Crippen molar-refractivity contribution in [3.63, 3.8) is 0 Å². The number of hydrogen-bond acceptors (Lipinski definition) is 7. The number of hydrogen-bond donors (Lipinski definition) is 3. The second-order valence-corrected chi connectivity index (χ2v) is 11.1. The minimum Gasteiger partial charge on any atom is -0.322 e. The van der Waals surface area contributed by atoms with Gasteiger partial charge in [-0.2, -0.15) is 0 Å². The summed E-state index contributed by atoms with van der Waals surface area (Å²) >= 11 is 7.37. The van der Waals surface area contributed by atoms with Gasteiger partial charge >= 0.3 is 0 Å². The van der Waals surface area contributed by atoms with Crippen LogP contribution in [0.4, 0.5) is 11.4 Å². The second kappa shape index (κ2) is 9.44. The molecule has 0 saturated heterocycles. The van der Waals surface area contributed by atoms with Gasteiger partial charge in [0.25, 0.3) is 15.9 Å². The molecule has 8 nitrogen and oxygen atoms in total. The number of aryl methyl sites for hydroxylation is 1. The standard InChI is InChI=1S/C24H21ClN4O4S2/c25-16-8-10-18(24(31)27-17-9-7-15-4-1-2-5-22(30)19(15)13-17)20(12-16)28-35(32,33)23-6-3-11-29-21(23)14-26-34-29/h3,6-14,26,28H,1-2,4-5H2,(H,27,31). The van der Waals surface area contributed by atoms with Gasteiger partial charge in [0.2, 0.25) is 0 Å². The first-order valence-electron chi connectivity index (χ1n) is 10.9. The molecule has 0 atom stereocenters. The Morgan fingerprint density at radius 3 is 2.80 bits per heavy atom. The predicted molar refractivity (Wildman–Crippen MR) is 138 cm³/mol. The molecule has 0 saturated carbocycles. The summed E-state index contributed by atoms with van der Waals surface area (Å²) in [7, 11) is -4.05. The lowest BCUT2D eigenvalue weighted by atomic mass is 10.0. The molecule has 5 rings (SSSR count). The van der Waals surface area contributed by atoms with E-state index < -0.39 is 15.9 Å². The number of allylic oxidation sites excluding steroid dienone is 2. The zero-order valence-corrected chi connectivity index (χ0v) is 20.8. The van der Waals surface area contributed by atoms with Crippen molar-refractivity contribution in [2.75, 3.05) is 10.0 Å². The fraction of sp³-hybridized carbons (Fsp3) is 0.167. The number of amides is 1. The highest BCUT2D eigenvalue weighted by molar-refractivity contribution is 7.97. The van der Waals surface area contributed by atoms with Crippen molar-refractivity contribution in [3.8, 4) is 0 Å². The van der Waals surface area contributed by atoms with E-state index in [2.05, 4.69) is 14.8 Å². The van der Waals surface area contributed by atoms with Gasteiger partial charge in [-0.25, -0.2) is 8.42 Å². The molecule has 0 spiro atoms. The lowest BCUT2D eigenvalue weighted by Crippen LogP contribution is -2.23. The van der Waals surface area contributed by atoms with Crippen molar-refractivity contribution in [2.24, 2.45) is 0 Å².